The van der Waals surface area contributed by atoms with E-state index in [1.165, 1.54) is 41.0 Å². The van der Waals surface area contributed by atoms with E-state index in [0.717, 1.165) is 25.2 Å². The Morgan fingerprint density at radius 3 is 2.00 bits per heavy atom. The van der Waals surface area contributed by atoms with Crippen LogP contribution in [0.4, 0.5) is 0 Å². The molecule has 0 amide bonds. The van der Waals surface area contributed by atoms with E-state index >= 15 is 0 Å². The maximum atomic E-state index is 2.78. The van der Waals surface area contributed by atoms with Gasteiger partial charge in [0, 0.05) is 21.9 Å². The lowest BCUT2D eigenvalue weighted by Gasteiger charge is -2.32. The molecule has 1 aliphatic carbocycles. The summed E-state index contributed by atoms with van der Waals surface area (Å²) >= 11 is 1.91. The minimum absolute atomic E-state index is 0.422. The molecule has 0 spiro atoms. The van der Waals surface area contributed by atoms with E-state index in [2.05, 4.69) is 78.2 Å². The molecule has 0 bridgehead atoms. The molecule has 2 aromatic carbocycles. The van der Waals surface area contributed by atoms with Crippen LogP contribution in [0.1, 0.15) is 51.3 Å². The van der Waals surface area contributed by atoms with Gasteiger partial charge >= 0.3 is 0 Å². The van der Waals surface area contributed by atoms with E-state index in [-0.39, 0.29) is 0 Å². The van der Waals surface area contributed by atoms with Crippen LogP contribution in [-0.4, -0.2) is 35.0 Å². The molecule has 0 aromatic heterocycles. The van der Waals surface area contributed by atoms with Gasteiger partial charge in [0.15, 0.2) is 0 Å². The van der Waals surface area contributed by atoms with Crippen molar-refractivity contribution in [2.45, 2.75) is 67.6 Å². The lowest BCUT2D eigenvalue weighted by atomic mass is 9.90. The van der Waals surface area contributed by atoms with Crippen molar-refractivity contribution >= 4 is 11.8 Å². The highest BCUT2D eigenvalue weighted by molar-refractivity contribution is 7.99. The quantitative estimate of drug-likeness (QED) is 0.660. The molecule has 26 heavy (non-hydrogen) atoms. The van der Waals surface area contributed by atoms with Gasteiger partial charge in [0.25, 0.3) is 0 Å². The van der Waals surface area contributed by atoms with Crippen molar-refractivity contribution in [1.29, 1.82) is 0 Å². The first-order valence-electron chi connectivity index (χ1n) is 10.2. The summed E-state index contributed by atoms with van der Waals surface area (Å²) in [7, 11) is 0. The van der Waals surface area contributed by atoms with Crippen LogP contribution in [0.3, 0.4) is 0 Å². The zero-order valence-electron chi connectivity index (χ0n) is 16.0. The molecule has 1 saturated carbocycles. The minimum atomic E-state index is 0.422. The molecule has 0 N–H and O–H groups in total. The molecule has 2 aromatic rings. The number of nitrogens with zero attached hydrogens (tertiary/aromatic N) is 2. The Balaban J connectivity index is 1.71. The minimum Gasteiger partial charge on any atom is -0.280 e. The molecule has 2 nitrogen and oxygen atoms in total. The van der Waals surface area contributed by atoms with Crippen molar-refractivity contribution in [3.8, 4) is 0 Å². The van der Waals surface area contributed by atoms with Crippen LogP contribution >= 0.6 is 11.8 Å². The molecule has 0 radical (unpaired) electrons. The lowest BCUT2D eigenvalue weighted by molar-refractivity contribution is 0.122. The molecule has 2 fully saturated rings. The number of likely N-dealkylation sites (N-methyl/N-ethyl adjacent to an activating group) is 2. The number of benzene rings is 2. The molecule has 1 aliphatic heterocycles. The number of fused-ring (bicyclic) bond motifs is 1. The highest BCUT2D eigenvalue weighted by Gasteiger charge is 2.47. The monoisotopic (exact) mass is 366 g/mol. The highest BCUT2D eigenvalue weighted by atomic mass is 32.2. The van der Waals surface area contributed by atoms with Gasteiger partial charge in [-0.05, 0) is 49.7 Å². The third-order valence-electron chi connectivity index (χ3n) is 6.07. The first-order chi connectivity index (χ1) is 12.8. The van der Waals surface area contributed by atoms with Crippen LogP contribution in [0.15, 0.2) is 64.4 Å². The van der Waals surface area contributed by atoms with Crippen molar-refractivity contribution in [1.82, 2.24) is 9.80 Å². The maximum absolute atomic E-state index is 2.78. The smallest absolute Gasteiger partial charge is 0.0902 e. The lowest BCUT2D eigenvalue weighted by Crippen LogP contribution is -2.39. The topological polar surface area (TPSA) is 6.48 Å². The van der Waals surface area contributed by atoms with Crippen molar-refractivity contribution in [3.05, 3.63) is 60.2 Å². The summed E-state index contributed by atoms with van der Waals surface area (Å²) in [6.07, 6.45) is 5.93. The van der Waals surface area contributed by atoms with Crippen LogP contribution in [0.2, 0.25) is 0 Å². The second-order valence-electron chi connectivity index (χ2n) is 7.41. The highest BCUT2D eigenvalue weighted by Crippen LogP contribution is 2.46. The van der Waals surface area contributed by atoms with E-state index in [9.17, 15) is 0 Å². The van der Waals surface area contributed by atoms with E-state index < -0.39 is 0 Å². The van der Waals surface area contributed by atoms with Crippen LogP contribution in [0.5, 0.6) is 0 Å². The Kier molecular flexibility index (Phi) is 5.68. The fourth-order valence-corrected chi connectivity index (χ4v) is 5.98. The summed E-state index contributed by atoms with van der Waals surface area (Å²) in [5.41, 5.74) is 1.49. The van der Waals surface area contributed by atoms with Gasteiger partial charge in [-0.2, -0.15) is 0 Å². The Morgan fingerprint density at radius 1 is 0.808 bits per heavy atom. The molecule has 3 heteroatoms. The van der Waals surface area contributed by atoms with Crippen molar-refractivity contribution < 1.29 is 0 Å². The largest absolute Gasteiger partial charge is 0.280 e. The predicted molar refractivity (Wildman–Crippen MR) is 111 cm³/mol. The Labute approximate surface area is 162 Å². The number of rotatable bonds is 5. The Hall–Kier alpha value is -1.29. The third kappa shape index (κ3) is 3.33. The van der Waals surface area contributed by atoms with Crippen LogP contribution in [0, 0.1) is 0 Å². The zero-order valence-corrected chi connectivity index (χ0v) is 16.8. The maximum Gasteiger partial charge on any atom is 0.0902 e. The van der Waals surface area contributed by atoms with Crippen molar-refractivity contribution in [3.63, 3.8) is 0 Å². The van der Waals surface area contributed by atoms with E-state index in [0.29, 0.717) is 6.17 Å². The SMILES string of the molecule is CCN1C(c2ccccc2Sc2ccccc2)N(CC)[C@@H]2CCCC[C@H]21. The second-order valence-corrected chi connectivity index (χ2v) is 8.52. The van der Waals surface area contributed by atoms with Gasteiger partial charge in [-0.3, -0.25) is 9.80 Å². The molecule has 0 unspecified atom stereocenters. The van der Waals surface area contributed by atoms with Crippen molar-refractivity contribution in [2.24, 2.45) is 0 Å². The molecule has 1 saturated heterocycles. The van der Waals surface area contributed by atoms with Gasteiger partial charge < -0.3 is 0 Å². The summed E-state index contributed by atoms with van der Waals surface area (Å²) in [6, 6.07) is 21.3. The standard InChI is InChI=1S/C23H30N2S/c1-3-24-20-15-9-10-16-21(20)25(4-2)23(24)19-14-8-11-17-22(19)26-18-12-6-5-7-13-18/h5-8,11-14,17,20-21,23H,3-4,9-10,15-16H2,1-2H3/t20-,21-/m1/s1. The van der Waals surface area contributed by atoms with Crippen LogP contribution in [0.25, 0.3) is 0 Å². The Morgan fingerprint density at radius 2 is 1.38 bits per heavy atom. The summed E-state index contributed by atoms with van der Waals surface area (Å²) in [5, 5.41) is 0. The number of hydrogen-bond donors (Lipinski definition) is 0. The fourth-order valence-electron chi connectivity index (χ4n) is 4.99. The average Bonchev–Trinajstić information content (AvgIpc) is 3.02. The molecule has 2 aliphatic rings. The van der Waals surface area contributed by atoms with E-state index in [1.54, 1.807) is 0 Å². The molecule has 1 heterocycles. The van der Waals surface area contributed by atoms with Gasteiger partial charge in [-0.25, -0.2) is 0 Å². The first kappa shape index (κ1) is 18.1. The normalized spacial score (nSPS) is 24.7. The van der Waals surface area contributed by atoms with Gasteiger partial charge in [0.2, 0.25) is 0 Å². The van der Waals surface area contributed by atoms with Crippen LogP contribution in [-0.2, 0) is 0 Å². The molecule has 138 valence electrons. The summed E-state index contributed by atoms with van der Waals surface area (Å²) in [4.78, 5) is 8.27. The first-order valence-corrected chi connectivity index (χ1v) is 11.0. The van der Waals surface area contributed by atoms with Gasteiger partial charge in [0.1, 0.15) is 0 Å². The van der Waals surface area contributed by atoms with E-state index in [4.69, 9.17) is 0 Å². The summed E-state index contributed by atoms with van der Waals surface area (Å²) in [5.74, 6) is 0. The van der Waals surface area contributed by atoms with Gasteiger partial charge in [0.05, 0.1) is 6.17 Å². The van der Waals surface area contributed by atoms with Crippen LogP contribution < -0.4 is 0 Å². The molecular weight excluding hydrogens is 336 g/mol. The second kappa shape index (κ2) is 8.16. The molecule has 4 rings (SSSR count). The fraction of sp³-hybridized carbons (Fsp3) is 0.478. The number of hydrogen-bond acceptors (Lipinski definition) is 3. The Bertz CT molecular complexity index is 697. The predicted octanol–water partition coefficient (Wildman–Crippen LogP) is 5.81. The average molecular weight is 367 g/mol. The van der Waals surface area contributed by atoms with Crippen molar-refractivity contribution in [2.75, 3.05) is 13.1 Å². The summed E-state index contributed by atoms with van der Waals surface area (Å²) in [6.45, 7) is 6.94. The van der Waals surface area contributed by atoms with E-state index in [1.807, 2.05) is 11.8 Å². The zero-order chi connectivity index (χ0) is 17.9. The van der Waals surface area contributed by atoms with Gasteiger partial charge in [-0.1, -0.05) is 74.8 Å². The molecular formula is C23H30N2S. The summed E-state index contributed by atoms with van der Waals surface area (Å²) < 4.78 is 0. The van der Waals surface area contributed by atoms with Gasteiger partial charge in [-0.15, -0.1) is 0 Å². The molecule has 2 atom stereocenters. The third-order valence-corrected chi connectivity index (χ3v) is 7.17.